The summed E-state index contributed by atoms with van der Waals surface area (Å²) in [4.78, 5) is 14.8. The van der Waals surface area contributed by atoms with E-state index in [9.17, 15) is 9.90 Å². The molecule has 5 rings (SSSR count). The van der Waals surface area contributed by atoms with Gasteiger partial charge in [0, 0.05) is 5.92 Å². The van der Waals surface area contributed by atoms with Crippen LogP contribution in [0, 0.1) is 54.3 Å². The van der Waals surface area contributed by atoms with Crippen LogP contribution in [0.2, 0.25) is 0 Å². The molecule has 172 valence electrons. The largest absolute Gasteiger partial charge is 0.390 e. The molecular weight excluding hydrogens is 388 g/mol. The van der Waals surface area contributed by atoms with E-state index in [2.05, 4.69) is 29.3 Å². The van der Waals surface area contributed by atoms with Gasteiger partial charge in [-0.25, -0.2) is 0 Å². The highest BCUT2D eigenvalue weighted by atomic mass is 16.3. The van der Waals surface area contributed by atoms with Gasteiger partial charge in [0.1, 0.15) is 6.54 Å². The Labute approximate surface area is 186 Å². The highest BCUT2D eigenvalue weighted by Gasteiger charge is 2.53. The third-order valence-electron chi connectivity index (χ3n) is 9.66. The summed E-state index contributed by atoms with van der Waals surface area (Å²) in [6, 6.07) is 0. The number of rotatable bonds is 3. The lowest BCUT2D eigenvalue weighted by molar-refractivity contribution is -0.136. The SMILES string of the molecule is Cc1nnn(CC(=O)[C@H]2CCC[C@H]3[C@@H]4CC[C@@H]5C[C@](C)(O)CCC[C@@H]5[C@H]4CC(C)[C@@H]32)n1. The molecule has 6 nitrogen and oxygen atoms in total. The number of hydrogen-bond acceptors (Lipinski definition) is 5. The number of carbonyl (C=O) groups excluding carboxylic acids is 1. The fourth-order valence-electron chi connectivity index (χ4n) is 8.66. The Morgan fingerprint density at radius 3 is 2.68 bits per heavy atom. The molecule has 4 saturated carbocycles. The second kappa shape index (κ2) is 8.24. The van der Waals surface area contributed by atoms with Crippen LogP contribution in [0.15, 0.2) is 0 Å². The summed E-state index contributed by atoms with van der Waals surface area (Å²) in [6.07, 6.45) is 11.8. The quantitative estimate of drug-likeness (QED) is 0.780. The number of nitrogens with zero attached hydrogens (tertiary/aromatic N) is 4. The highest BCUT2D eigenvalue weighted by molar-refractivity contribution is 5.81. The first-order valence-electron chi connectivity index (χ1n) is 12.8. The van der Waals surface area contributed by atoms with Gasteiger partial charge in [-0.1, -0.05) is 19.8 Å². The summed E-state index contributed by atoms with van der Waals surface area (Å²) >= 11 is 0. The Morgan fingerprint density at radius 1 is 1.10 bits per heavy atom. The van der Waals surface area contributed by atoms with Crippen LogP contribution >= 0.6 is 0 Å². The van der Waals surface area contributed by atoms with E-state index >= 15 is 0 Å². The van der Waals surface area contributed by atoms with Gasteiger partial charge in [-0.2, -0.15) is 4.80 Å². The standard InChI is InChI=1S/C25H40N4O2/c1-15-12-22-18-8-5-11-25(3,31)13-17(18)9-10-19(22)20-6-4-7-21(24(15)20)23(30)14-29-27-16(2)26-28-29/h15,17-22,24,31H,4-14H2,1-3H3/t15?,17-,18+,19+,20+,21-,22-,24+,25-/m1/s1. The molecule has 1 N–H and O–H groups in total. The van der Waals surface area contributed by atoms with Gasteiger partial charge in [-0.3, -0.25) is 4.79 Å². The predicted molar refractivity (Wildman–Crippen MR) is 118 cm³/mol. The van der Waals surface area contributed by atoms with E-state index in [0.717, 1.165) is 37.0 Å². The zero-order valence-corrected chi connectivity index (χ0v) is 19.5. The molecule has 6 heteroatoms. The van der Waals surface area contributed by atoms with Crippen molar-refractivity contribution in [1.82, 2.24) is 20.2 Å². The maximum Gasteiger partial charge on any atom is 0.171 e. The number of carbonyl (C=O) groups is 1. The van der Waals surface area contributed by atoms with Crippen molar-refractivity contribution in [2.24, 2.45) is 47.3 Å². The van der Waals surface area contributed by atoms with Crippen LogP contribution in [-0.4, -0.2) is 36.7 Å². The Kier molecular flexibility index (Phi) is 5.72. The molecule has 0 bridgehead atoms. The molecule has 4 aliphatic carbocycles. The van der Waals surface area contributed by atoms with Crippen molar-refractivity contribution < 1.29 is 9.90 Å². The molecule has 31 heavy (non-hydrogen) atoms. The molecule has 0 amide bonds. The van der Waals surface area contributed by atoms with Gasteiger partial charge in [0.15, 0.2) is 11.6 Å². The summed E-state index contributed by atoms with van der Waals surface area (Å²) in [5.41, 5.74) is -0.467. The highest BCUT2D eigenvalue weighted by Crippen LogP contribution is 2.59. The third-order valence-corrected chi connectivity index (χ3v) is 9.66. The average Bonchev–Trinajstić information content (AvgIpc) is 3.05. The lowest BCUT2D eigenvalue weighted by atomic mass is 9.48. The fourth-order valence-corrected chi connectivity index (χ4v) is 8.66. The van der Waals surface area contributed by atoms with Crippen molar-refractivity contribution >= 4 is 5.78 Å². The maximum absolute atomic E-state index is 13.3. The summed E-state index contributed by atoms with van der Waals surface area (Å²) in [7, 11) is 0. The van der Waals surface area contributed by atoms with Gasteiger partial charge in [0.2, 0.25) is 0 Å². The molecule has 1 aromatic rings. The van der Waals surface area contributed by atoms with Crippen LogP contribution < -0.4 is 0 Å². The Morgan fingerprint density at radius 2 is 1.90 bits per heavy atom. The molecular formula is C25H40N4O2. The van der Waals surface area contributed by atoms with E-state index in [1.807, 2.05) is 6.92 Å². The number of aromatic nitrogens is 4. The molecule has 0 spiro atoms. The average molecular weight is 429 g/mol. The van der Waals surface area contributed by atoms with Crippen LogP contribution in [0.25, 0.3) is 0 Å². The maximum atomic E-state index is 13.3. The van der Waals surface area contributed by atoms with Crippen LogP contribution in [0.4, 0.5) is 0 Å². The lowest BCUT2D eigenvalue weighted by Crippen LogP contribution is -2.51. The zero-order valence-electron chi connectivity index (χ0n) is 19.5. The lowest BCUT2D eigenvalue weighted by Gasteiger charge is -2.57. The molecule has 4 aliphatic rings. The van der Waals surface area contributed by atoms with Crippen LogP contribution in [0.1, 0.15) is 83.9 Å². The van der Waals surface area contributed by atoms with Gasteiger partial charge >= 0.3 is 0 Å². The summed E-state index contributed by atoms with van der Waals surface area (Å²) in [5, 5.41) is 23.0. The number of aliphatic hydroxyl groups is 1. The number of tetrazole rings is 1. The third kappa shape index (κ3) is 4.09. The van der Waals surface area contributed by atoms with E-state index in [1.165, 1.54) is 49.7 Å². The Hall–Kier alpha value is -1.30. The molecule has 0 aliphatic heterocycles. The molecule has 1 unspecified atom stereocenters. The van der Waals surface area contributed by atoms with Gasteiger partial charge in [-0.05, 0) is 112 Å². The minimum absolute atomic E-state index is 0.161. The van der Waals surface area contributed by atoms with E-state index < -0.39 is 5.60 Å². The van der Waals surface area contributed by atoms with Crippen molar-refractivity contribution in [1.29, 1.82) is 0 Å². The summed E-state index contributed by atoms with van der Waals surface area (Å²) in [5.74, 6) is 6.01. The molecule has 0 saturated heterocycles. The van der Waals surface area contributed by atoms with Gasteiger partial charge in [0.05, 0.1) is 5.60 Å². The Balaban J connectivity index is 1.34. The summed E-state index contributed by atoms with van der Waals surface area (Å²) < 4.78 is 0. The smallest absolute Gasteiger partial charge is 0.171 e. The topological polar surface area (TPSA) is 80.9 Å². The van der Waals surface area contributed by atoms with Gasteiger partial charge < -0.3 is 5.11 Å². The number of aryl methyl sites for hydroxylation is 1. The van der Waals surface area contributed by atoms with Crippen molar-refractivity contribution in [2.45, 2.75) is 97.1 Å². The van der Waals surface area contributed by atoms with Crippen LogP contribution in [0.5, 0.6) is 0 Å². The number of fused-ring (bicyclic) bond motifs is 5. The van der Waals surface area contributed by atoms with Crippen molar-refractivity contribution in [2.75, 3.05) is 0 Å². The van der Waals surface area contributed by atoms with E-state index in [0.29, 0.717) is 35.3 Å². The van der Waals surface area contributed by atoms with Crippen molar-refractivity contribution in [3.05, 3.63) is 5.82 Å². The van der Waals surface area contributed by atoms with E-state index in [-0.39, 0.29) is 12.5 Å². The van der Waals surface area contributed by atoms with Crippen LogP contribution in [-0.2, 0) is 11.3 Å². The number of Topliss-reactive ketones (excluding diaryl/α,β-unsaturated/α-hetero) is 1. The van der Waals surface area contributed by atoms with E-state index in [4.69, 9.17) is 0 Å². The molecule has 1 heterocycles. The Bertz CT molecular complexity index is 805. The second-order valence-electron chi connectivity index (χ2n) is 11.7. The molecule has 0 radical (unpaired) electrons. The number of ketones is 1. The minimum Gasteiger partial charge on any atom is -0.390 e. The first kappa shape index (κ1) is 21.5. The predicted octanol–water partition coefficient (Wildman–Crippen LogP) is 4.21. The van der Waals surface area contributed by atoms with E-state index in [1.54, 1.807) is 0 Å². The monoisotopic (exact) mass is 428 g/mol. The number of hydrogen-bond donors (Lipinski definition) is 1. The second-order valence-corrected chi connectivity index (χ2v) is 11.7. The van der Waals surface area contributed by atoms with Gasteiger partial charge in [0.25, 0.3) is 0 Å². The molecule has 4 fully saturated rings. The zero-order chi connectivity index (χ0) is 21.8. The molecule has 0 aromatic carbocycles. The van der Waals surface area contributed by atoms with Gasteiger partial charge in [-0.15, -0.1) is 10.2 Å². The van der Waals surface area contributed by atoms with Crippen molar-refractivity contribution in [3.8, 4) is 0 Å². The minimum atomic E-state index is -0.467. The molecule has 9 atom stereocenters. The fraction of sp³-hybridized carbons (Fsp3) is 0.920. The normalized spacial score (nSPS) is 45.2. The first-order chi connectivity index (χ1) is 14.8. The van der Waals surface area contributed by atoms with Crippen LogP contribution in [0.3, 0.4) is 0 Å². The molecule has 1 aromatic heterocycles. The first-order valence-corrected chi connectivity index (χ1v) is 12.8. The van der Waals surface area contributed by atoms with Crippen molar-refractivity contribution in [3.63, 3.8) is 0 Å². The summed E-state index contributed by atoms with van der Waals surface area (Å²) in [6.45, 7) is 6.57.